The van der Waals surface area contributed by atoms with E-state index >= 15 is 0 Å². The lowest BCUT2D eigenvalue weighted by Crippen LogP contribution is -2.20. The molecule has 2 aromatic rings. The molecule has 0 radical (unpaired) electrons. The van der Waals surface area contributed by atoms with Gasteiger partial charge in [-0.3, -0.25) is 9.78 Å². The monoisotopic (exact) mass is 283 g/mol. The number of hydrogen-bond donors (Lipinski definition) is 2. The number of benzene rings is 1. The highest BCUT2D eigenvalue weighted by Gasteiger charge is 2.09. The Balaban J connectivity index is 2.21. The normalized spacial score (nSPS) is 10.1. The number of anilines is 1. The van der Waals surface area contributed by atoms with Crippen molar-refractivity contribution >= 4 is 34.8 Å². The predicted octanol–water partition coefficient (Wildman–Crippen LogP) is 2.33. The Hall–Kier alpha value is -1.85. The largest absolute Gasteiger partial charge is 0.346 e. The summed E-state index contributed by atoms with van der Waals surface area (Å²) in [5.74, 6) is -0.523. The van der Waals surface area contributed by atoms with Gasteiger partial charge < -0.3 is 5.32 Å². The van der Waals surface area contributed by atoms with Crippen molar-refractivity contribution in [2.24, 2.45) is 0 Å². The Labute approximate surface area is 112 Å². The van der Waals surface area contributed by atoms with Gasteiger partial charge in [0.25, 0.3) is 5.91 Å². The summed E-state index contributed by atoms with van der Waals surface area (Å²) in [6.07, 6.45) is 0. The number of carbonyl (C=O) groups is 1. The second-order valence-electron chi connectivity index (χ2n) is 3.38. The van der Waals surface area contributed by atoms with Crippen LogP contribution in [0.5, 0.6) is 0 Å². The Kier molecular flexibility index (Phi) is 3.64. The minimum Gasteiger partial charge on any atom is -0.321 e. The number of hydrogen-bond acceptors (Lipinski definition) is 3. The molecule has 7 heteroatoms. The second-order valence-corrected chi connectivity index (χ2v) is 4.22. The molecule has 1 aromatic carbocycles. The van der Waals surface area contributed by atoms with Crippen LogP contribution in [0.1, 0.15) is 10.5 Å². The van der Waals surface area contributed by atoms with Crippen LogP contribution in [0.15, 0.2) is 35.1 Å². The molecule has 2 rings (SSSR count). The maximum atomic E-state index is 11.8. The number of aromatic nitrogens is 2. The molecule has 92 valence electrons. The number of nitrogens with zero attached hydrogens (tertiary/aromatic N) is 1. The van der Waals surface area contributed by atoms with Crippen molar-refractivity contribution in [2.45, 2.75) is 0 Å². The molecule has 0 unspecified atom stereocenters. The quantitative estimate of drug-likeness (QED) is 0.831. The number of aromatic amines is 1. The van der Waals surface area contributed by atoms with Crippen molar-refractivity contribution in [3.63, 3.8) is 0 Å². The number of rotatable bonds is 2. The van der Waals surface area contributed by atoms with Gasteiger partial charge in [0.05, 0.1) is 0 Å². The summed E-state index contributed by atoms with van der Waals surface area (Å²) in [5.41, 5.74) is -0.190. The molecule has 0 aliphatic heterocycles. The van der Waals surface area contributed by atoms with Crippen molar-refractivity contribution in [2.75, 3.05) is 5.32 Å². The van der Waals surface area contributed by atoms with Crippen LogP contribution in [0.2, 0.25) is 10.2 Å². The fourth-order valence-electron chi connectivity index (χ4n) is 1.27. The second kappa shape index (κ2) is 5.20. The van der Waals surface area contributed by atoms with Gasteiger partial charge in [-0.1, -0.05) is 23.2 Å². The molecule has 0 atom stereocenters. The molecule has 0 aliphatic rings. The van der Waals surface area contributed by atoms with E-state index in [1.165, 1.54) is 6.07 Å². The molecule has 1 aromatic heterocycles. The zero-order valence-electron chi connectivity index (χ0n) is 8.91. The molecule has 1 heterocycles. The lowest BCUT2D eigenvalue weighted by Gasteiger charge is -2.04. The van der Waals surface area contributed by atoms with E-state index < -0.39 is 11.6 Å². The Morgan fingerprint density at radius 3 is 2.50 bits per heavy atom. The van der Waals surface area contributed by atoms with Gasteiger partial charge in [0, 0.05) is 16.8 Å². The van der Waals surface area contributed by atoms with Crippen LogP contribution in [0.4, 0.5) is 5.69 Å². The molecular formula is C11H7Cl2N3O2. The van der Waals surface area contributed by atoms with Gasteiger partial charge in [-0.2, -0.15) is 4.98 Å². The van der Waals surface area contributed by atoms with E-state index in [4.69, 9.17) is 23.2 Å². The number of halogens is 2. The van der Waals surface area contributed by atoms with Crippen molar-refractivity contribution < 1.29 is 4.79 Å². The van der Waals surface area contributed by atoms with E-state index in [1.807, 2.05) is 0 Å². The van der Waals surface area contributed by atoms with Gasteiger partial charge in [-0.05, 0) is 24.3 Å². The molecule has 0 aliphatic carbocycles. The first-order valence-electron chi connectivity index (χ1n) is 4.88. The lowest BCUT2D eigenvalue weighted by atomic mass is 10.3. The highest BCUT2D eigenvalue weighted by molar-refractivity contribution is 6.30. The first-order valence-corrected chi connectivity index (χ1v) is 5.64. The number of carbonyl (C=O) groups excluding carboxylic acids is 1. The van der Waals surface area contributed by atoms with Crippen LogP contribution in [-0.4, -0.2) is 15.9 Å². The fourth-order valence-corrected chi connectivity index (χ4v) is 1.58. The van der Waals surface area contributed by atoms with Crippen LogP contribution in [-0.2, 0) is 0 Å². The minimum absolute atomic E-state index is 0.0521. The van der Waals surface area contributed by atoms with Gasteiger partial charge in [0.15, 0.2) is 0 Å². The Morgan fingerprint density at radius 2 is 1.89 bits per heavy atom. The SMILES string of the molecule is O=C(Nc1ccc(Cl)cc1)c1cc(Cl)[nH]c(=O)n1. The van der Waals surface area contributed by atoms with Crippen LogP contribution in [0.3, 0.4) is 0 Å². The summed E-state index contributed by atoms with van der Waals surface area (Å²) < 4.78 is 0. The summed E-state index contributed by atoms with van der Waals surface area (Å²) in [7, 11) is 0. The zero-order chi connectivity index (χ0) is 13.1. The summed E-state index contributed by atoms with van der Waals surface area (Å²) in [4.78, 5) is 28.6. The number of nitrogens with one attached hydrogen (secondary N) is 2. The Morgan fingerprint density at radius 1 is 1.22 bits per heavy atom. The summed E-state index contributed by atoms with van der Waals surface area (Å²) >= 11 is 11.3. The molecule has 0 fully saturated rings. The van der Waals surface area contributed by atoms with E-state index in [1.54, 1.807) is 24.3 Å². The lowest BCUT2D eigenvalue weighted by molar-refractivity contribution is 0.102. The minimum atomic E-state index is -0.677. The maximum absolute atomic E-state index is 11.8. The van der Waals surface area contributed by atoms with E-state index in [9.17, 15) is 9.59 Å². The Bertz CT molecular complexity index is 637. The van der Waals surface area contributed by atoms with Gasteiger partial charge in [-0.15, -0.1) is 0 Å². The fraction of sp³-hybridized carbons (Fsp3) is 0. The highest BCUT2D eigenvalue weighted by atomic mass is 35.5. The predicted molar refractivity (Wildman–Crippen MR) is 69.3 cm³/mol. The van der Waals surface area contributed by atoms with Crippen molar-refractivity contribution in [3.05, 3.63) is 56.7 Å². The van der Waals surface area contributed by atoms with Crippen molar-refractivity contribution in [3.8, 4) is 0 Å². The summed E-state index contributed by atoms with van der Waals surface area (Å²) in [6, 6.07) is 7.81. The zero-order valence-corrected chi connectivity index (χ0v) is 10.4. The molecule has 0 bridgehead atoms. The van der Waals surface area contributed by atoms with Crippen LogP contribution in [0, 0.1) is 0 Å². The van der Waals surface area contributed by atoms with Gasteiger partial charge in [-0.25, -0.2) is 4.79 Å². The third kappa shape index (κ3) is 3.09. The van der Waals surface area contributed by atoms with Crippen LogP contribution in [0.25, 0.3) is 0 Å². The standard InChI is InChI=1S/C11H7Cl2N3O2/c12-6-1-3-7(4-2-6)14-10(17)8-5-9(13)16-11(18)15-8/h1-5H,(H,14,17)(H,15,16,18). The maximum Gasteiger partial charge on any atom is 0.346 e. The molecule has 18 heavy (non-hydrogen) atoms. The number of amides is 1. The average Bonchev–Trinajstić information content (AvgIpc) is 2.31. The number of H-pyrrole nitrogens is 1. The van der Waals surface area contributed by atoms with Gasteiger partial charge >= 0.3 is 5.69 Å². The first-order chi connectivity index (χ1) is 8.54. The van der Waals surface area contributed by atoms with E-state index in [2.05, 4.69) is 15.3 Å². The van der Waals surface area contributed by atoms with Crippen LogP contribution < -0.4 is 11.0 Å². The topological polar surface area (TPSA) is 74.8 Å². The average molecular weight is 284 g/mol. The molecule has 0 saturated heterocycles. The highest BCUT2D eigenvalue weighted by Crippen LogP contribution is 2.14. The van der Waals surface area contributed by atoms with Crippen molar-refractivity contribution in [1.82, 2.24) is 9.97 Å². The van der Waals surface area contributed by atoms with E-state index in [0.29, 0.717) is 10.7 Å². The molecule has 0 spiro atoms. The molecule has 5 nitrogen and oxygen atoms in total. The summed E-state index contributed by atoms with van der Waals surface area (Å²) in [6.45, 7) is 0. The van der Waals surface area contributed by atoms with E-state index in [0.717, 1.165) is 0 Å². The molecule has 2 N–H and O–H groups in total. The molecular weight excluding hydrogens is 277 g/mol. The van der Waals surface area contributed by atoms with Gasteiger partial charge in [0.2, 0.25) is 0 Å². The molecule has 0 saturated carbocycles. The molecule has 1 amide bonds. The van der Waals surface area contributed by atoms with E-state index in [-0.39, 0.29) is 10.8 Å². The van der Waals surface area contributed by atoms with Gasteiger partial charge in [0.1, 0.15) is 10.8 Å². The smallest absolute Gasteiger partial charge is 0.321 e. The van der Waals surface area contributed by atoms with Crippen molar-refractivity contribution in [1.29, 1.82) is 0 Å². The third-order valence-corrected chi connectivity index (χ3v) is 2.50. The first kappa shape index (κ1) is 12.6. The van der Waals surface area contributed by atoms with Crippen LogP contribution >= 0.6 is 23.2 Å². The summed E-state index contributed by atoms with van der Waals surface area (Å²) in [5, 5.41) is 3.18. The third-order valence-electron chi connectivity index (χ3n) is 2.05.